The first kappa shape index (κ1) is 18.0. The lowest BCUT2D eigenvalue weighted by Crippen LogP contribution is -2.50. The molecular formula is C17H25ClN2O3. The van der Waals surface area contributed by atoms with Crippen molar-refractivity contribution >= 4 is 17.5 Å². The summed E-state index contributed by atoms with van der Waals surface area (Å²) in [6, 6.07) is 5.15. The van der Waals surface area contributed by atoms with E-state index in [9.17, 15) is 9.90 Å². The van der Waals surface area contributed by atoms with Gasteiger partial charge < -0.3 is 14.7 Å². The fourth-order valence-electron chi connectivity index (χ4n) is 2.70. The molecule has 2 rings (SSSR count). The van der Waals surface area contributed by atoms with E-state index in [-0.39, 0.29) is 18.1 Å². The van der Waals surface area contributed by atoms with Gasteiger partial charge >= 0.3 is 0 Å². The van der Waals surface area contributed by atoms with E-state index in [2.05, 4.69) is 4.90 Å². The van der Waals surface area contributed by atoms with Crippen LogP contribution in [-0.2, 0) is 0 Å². The molecule has 23 heavy (non-hydrogen) atoms. The number of carbonyl (C=O) groups is 1. The molecule has 0 radical (unpaired) electrons. The van der Waals surface area contributed by atoms with Crippen LogP contribution in [0.4, 0.5) is 0 Å². The second-order valence-electron chi connectivity index (χ2n) is 6.25. The van der Waals surface area contributed by atoms with Gasteiger partial charge in [-0.15, -0.1) is 0 Å². The van der Waals surface area contributed by atoms with E-state index in [0.29, 0.717) is 36.0 Å². The van der Waals surface area contributed by atoms with Crippen molar-refractivity contribution in [1.82, 2.24) is 9.80 Å². The molecule has 6 heteroatoms. The molecular weight excluding hydrogens is 316 g/mol. The number of carbonyl (C=O) groups excluding carboxylic acids is 1. The van der Waals surface area contributed by atoms with Crippen LogP contribution in [0.1, 0.15) is 31.1 Å². The van der Waals surface area contributed by atoms with Crippen molar-refractivity contribution in [2.75, 3.05) is 32.7 Å². The topological polar surface area (TPSA) is 53.0 Å². The first-order valence-electron chi connectivity index (χ1n) is 8.02. The molecule has 0 aliphatic carbocycles. The highest BCUT2D eigenvalue weighted by atomic mass is 35.5. The van der Waals surface area contributed by atoms with Gasteiger partial charge in [0.25, 0.3) is 5.91 Å². The van der Waals surface area contributed by atoms with Crippen LogP contribution in [0.15, 0.2) is 18.2 Å². The van der Waals surface area contributed by atoms with Gasteiger partial charge in [-0.25, -0.2) is 0 Å². The maximum Gasteiger partial charge on any atom is 0.257 e. The van der Waals surface area contributed by atoms with E-state index in [0.717, 1.165) is 13.1 Å². The largest absolute Gasteiger partial charge is 0.490 e. The summed E-state index contributed by atoms with van der Waals surface area (Å²) in [4.78, 5) is 16.8. The van der Waals surface area contributed by atoms with Crippen LogP contribution >= 0.6 is 11.6 Å². The SMILES string of the molecule is CC(C)Oc1ccc(Cl)cc1C(=O)N1CCN(C[C@H](C)O)CC1. The highest BCUT2D eigenvalue weighted by molar-refractivity contribution is 6.31. The van der Waals surface area contributed by atoms with E-state index in [1.165, 1.54) is 0 Å². The van der Waals surface area contributed by atoms with Crippen molar-refractivity contribution in [1.29, 1.82) is 0 Å². The molecule has 1 N–H and O–H groups in total. The average molecular weight is 341 g/mol. The lowest BCUT2D eigenvalue weighted by Gasteiger charge is -2.35. The first-order chi connectivity index (χ1) is 10.9. The lowest BCUT2D eigenvalue weighted by atomic mass is 10.1. The Balaban J connectivity index is 2.07. The summed E-state index contributed by atoms with van der Waals surface area (Å²) < 4.78 is 5.74. The molecule has 1 aromatic carbocycles. The minimum Gasteiger partial charge on any atom is -0.490 e. The Morgan fingerprint density at radius 3 is 2.48 bits per heavy atom. The van der Waals surface area contributed by atoms with E-state index in [1.807, 2.05) is 18.7 Å². The predicted molar refractivity (Wildman–Crippen MR) is 91.2 cm³/mol. The molecule has 1 fully saturated rings. The molecule has 1 heterocycles. The third-order valence-electron chi connectivity index (χ3n) is 3.72. The highest BCUT2D eigenvalue weighted by Crippen LogP contribution is 2.26. The Kier molecular flexibility index (Phi) is 6.27. The quantitative estimate of drug-likeness (QED) is 0.893. The number of aliphatic hydroxyl groups is 1. The van der Waals surface area contributed by atoms with Crippen LogP contribution in [0.25, 0.3) is 0 Å². The van der Waals surface area contributed by atoms with Crippen LogP contribution in [-0.4, -0.2) is 65.7 Å². The van der Waals surface area contributed by atoms with Crippen molar-refractivity contribution < 1.29 is 14.6 Å². The summed E-state index contributed by atoms with van der Waals surface area (Å²) >= 11 is 6.05. The maximum atomic E-state index is 12.8. The molecule has 1 aliphatic rings. The Bertz CT molecular complexity index is 541. The van der Waals surface area contributed by atoms with Crippen molar-refractivity contribution in [2.24, 2.45) is 0 Å². The van der Waals surface area contributed by atoms with Crippen LogP contribution < -0.4 is 4.74 Å². The number of β-amino-alcohol motifs (C(OH)–C–C–N with tert-alkyl or cyclic N) is 1. The molecule has 5 nitrogen and oxygen atoms in total. The fourth-order valence-corrected chi connectivity index (χ4v) is 2.88. The van der Waals surface area contributed by atoms with Gasteiger partial charge in [0, 0.05) is 37.7 Å². The van der Waals surface area contributed by atoms with Gasteiger partial charge in [-0.3, -0.25) is 9.69 Å². The molecule has 1 aliphatic heterocycles. The van der Waals surface area contributed by atoms with Crippen LogP contribution in [0.3, 0.4) is 0 Å². The Morgan fingerprint density at radius 1 is 1.26 bits per heavy atom. The van der Waals surface area contributed by atoms with Crippen LogP contribution in [0, 0.1) is 0 Å². The number of nitrogens with zero attached hydrogens (tertiary/aromatic N) is 2. The average Bonchev–Trinajstić information content (AvgIpc) is 2.48. The van der Waals surface area contributed by atoms with Crippen molar-refractivity contribution in [3.05, 3.63) is 28.8 Å². The van der Waals surface area contributed by atoms with E-state index in [1.54, 1.807) is 25.1 Å². The summed E-state index contributed by atoms with van der Waals surface area (Å²) in [5.41, 5.74) is 0.509. The van der Waals surface area contributed by atoms with Crippen molar-refractivity contribution in [3.63, 3.8) is 0 Å². The Labute approximate surface area is 142 Å². The Morgan fingerprint density at radius 2 is 1.91 bits per heavy atom. The van der Waals surface area contributed by atoms with Crippen LogP contribution in [0.2, 0.25) is 5.02 Å². The maximum absolute atomic E-state index is 12.8. The van der Waals surface area contributed by atoms with Gasteiger partial charge in [-0.2, -0.15) is 0 Å². The molecule has 128 valence electrons. The second-order valence-corrected chi connectivity index (χ2v) is 6.69. The molecule has 0 saturated carbocycles. The summed E-state index contributed by atoms with van der Waals surface area (Å²) in [5.74, 6) is 0.514. The van der Waals surface area contributed by atoms with E-state index in [4.69, 9.17) is 16.3 Å². The highest BCUT2D eigenvalue weighted by Gasteiger charge is 2.25. The molecule has 0 bridgehead atoms. The molecule has 1 aromatic rings. The molecule has 0 unspecified atom stereocenters. The third-order valence-corrected chi connectivity index (χ3v) is 3.95. The Hall–Kier alpha value is -1.30. The fraction of sp³-hybridized carbons (Fsp3) is 0.588. The van der Waals surface area contributed by atoms with Gasteiger partial charge in [0.2, 0.25) is 0 Å². The zero-order valence-corrected chi connectivity index (χ0v) is 14.7. The van der Waals surface area contributed by atoms with Crippen molar-refractivity contribution in [3.8, 4) is 5.75 Å². The van der Waals surface area contributed by atoms with Gasteiger partial charge in [-0.05, 0) is 39.0 Å². The minimum atomic E-state index is -0.351. The summed E-state index contributed by atoms with van der Waals surface area (Å²) in [7, 11) is 0. The second kappa shape index (κ2) is 7.99. The number of ether oxygens (including phenoxy) is 1. The number of hydrogen-bond acceptors (Lipinski definition) is 4. The number of benzene rings is 1. The zero-order chi connectivity index (χ0) is 17.0. The molecule has 1 saturated heterocycles. The van der Waals surface area contributed by atoms with Gasteiger partial charge in [0.1, 0.15) is 5.75 Å². The summed E-state index contributed by atoms with van der Waals surface area (Å²) in [5, 5.41) is 9.98. The molecule has 1 amide bonds. The predicted octanol–water partition coefficient (Wildman–Crippen LogP) is 2.27. The van der Waals surface area contributed by atoms with Gasteiger partial charge in [0.15, 0.2) is 0 Å². The van der Waals surface area contributed by atoms with Gasteiger partial charge in [-0.1, -0.05) is 11.6 Å². The lowest BCUT2D eigenvalue weighted by molar-refractivity contribution is 0.0549. The van der Waals surface area contributed by atoms with E-state index >= 15 is 0 Å². The number of hydrogen-bond donors (Lipinski definition) is 1. The smallest absolute Gasteiger partial charge is 0.257 e. The van der Waals surface area contributed by atoms with E-state index < -0.39 is 0 Å². The summed E-state index contributed by atoms with van der Waals surface area (Å²) in [6.07, 6.45) is -0.359. The monoisotopic (exact) mass is 340 g/mol. The number of piperazine rings is 1. The normalized spacial score (nSPS) is 17.4. The summed E-state index contributed by atoms with van der Waals surface area (Å²) in [6.45, 7) is 9.07. The zero-order valence-electron chi connectivity index (χ0n) is 14.0. The third kappa shape index (κ3) is 5.09. The minimum absolute atomic E-state index is 0.00869. The van der Waals surface area contributed by atoms with Crippen molar-refractivity contribution in [2.45, 2.75) is 33.0 Å². The van der Waals surface area contributed by atoms with Crippen LogP contribution in [0.5, 0.6) is 5.75 Å². The van der Waals surface area contributed by atoms with Gasteiger partial charge in [0.05, 0.1) is 17.8 Å². The number of halogens is 1. The molecule has 0 spiro atoms. The standard InChI is InChI=1S/C17H25ClN2O3/c1-12(2)23-16-5-4-14(18)10-15(16)17(22)20-8-6-19(7-9-20)11-13(3)21/h4-5,10,12-13,21H,6-9,11H2,1-3H3/t13-/m0/s1. The number of aliphatic hydroxyl groups excluding tert-OH is 1. The first-order valence-corrected chi connectivity index (χ1v) is 8.40. The molecule has 1 atom stereocenters. The number of amides is 1. The number of rotatable bonds is 5. The molecule has 0 aromatic heterocycles.